The van der Waals surface area contributed by atoms with Gasteiger partial charge in [0.1, 0.15) is 6.04 Å². The van der Waals surface area contributed by atoms with Crippen LogP contribution in [-0.4, -0.2) is 72.0 Å². The van der Waals surface area contributed by atoms with Crippen LogP contribution in [0.1, 0.15) is 48.0 Å². The Kier molecular flexibility index (Phi) is 8.05. The van der Waals surface area contributed by atoms with Crippen molar-refractivity contribution in [1.29, 1.82) is 0 Å². The number of benzene rings is 1. The molecule has 0 bridgehead atoms. The molecular formula is C23H34N4O4S. The average Bonchev–Trinajstić information content (AvgIpc) is 2.89. The second-order valence-electron chi connectivity index (χ2n) is 9.08. The smallest absolute Gasteiger partial charge is 0.305 e. The van der Waals surface area contributed by atoms with Crippen molar-refractivity contribution in [2.75, 3.05) is 38.5 Å². The van der Waals surface area contributed by atoms with E-state index in [1.165, 1.54) is 17.7 Å². The third-order valence-electron chi connectivity index (χ3n) is 7.02. The maximum atomic E-state index is 13.1. The number of likely N-dealkylation sites (tertiary alicyclic amines) is 1. The van der Waals surface area contributed by atoms with E-state index in [1.807, 2.05) is 11.0 Å². The summed E-state index contributed by atoms with van der Waals surface area (Å²) in [7, 11) is 1.66. The summed E-state index contributed by atoms with van der Waals surface area (Å²) in [5.74, 6) is 0.248. The van der Waals surface area contributed by atoms with Crippen LogP contribution < -0.4 is 10.6 Å². The summed E-state index contributed by atoms with van der Waals surface area (Å²) in [5, 5.41) is 15.6. The molecule has 2 saturated heterocycles. The monoisotopic (exact) mass is 462 g/mol. The fourth-order valence-electron chi connectivity index (χ4n) is 5.23. The molecule has 3 heterocycles. The Labute approximate surface area is 196 Å². The van der Waals surface area contributed by atoms with Crippen molar-refractivity contribution in [2.24, 2.45) is 11.8 Å². The first-order chi connectivity index (χ1) is 14.9. The van der Waals surface area contributed by atoms with Crippen LogP contribution in [0.4, 0.5) is 5.69 Å². The molecule has 3 N–H and O–H groups in total. The molecule has 9 heteroatoms. The zero-order chi connectivity index (χ0) is 22.0. The summed E-state index contributed by atoms with van der Waals surface area (Å²) in [6, 6.07) is 4.61. The van der Waals surface area contributed by atoms with Gasteiger partial charge in [0.15, 0.2) is 0 Å². The van der Waals surface area contributed by atoms with Gasteiger partial charge in [-0.25, -0.2) is 0 Å². The minimum atomic E-state index is -1.03. The Morgan fingerprint density at radius 2 is 1.75 bits per heavy atom. The van der Waals surface area contributed by atoms with Crippen LogP contribution in [0, 0.1) is 11.8 Å². The van der Waals surface area contributed by atoms with Gasteiger partial charge in [0.2, 0.25) is 5.91 Å². The van der Waals surface area contributed by atoms with Crippen molar-refractivity contribution in [1.82, 2.24) is 15.1 Å². The van der Waals surface area contributed by atoms with E-state index >= 15 is 0 Å². The molecule has 0 unspecified atom stereocenters. The quantitative estimate of drug-likeness (QED) is 0.632. The number of amides is 2. The molecule has 1 aromatic carbocycles. The van der Waals surface area contributed by atoms with Gasteiger partial charge in [-0.05, 0) is 74.4 Å². The topological polar surface area (TPSA) is 102 Å². The summed E-state index contributed by atoms with van der Waals surface area (Å²) in [6.07, 6.45) is 4.33. The largest absolute Gasteiger partial charge is 0.481 e. The summed E-state index contributed by atoms with van der Waals surface area (Å²) in [6.45, 7) is 4.15. The number of hydrogen-bond donors (Lipinski definition) is 3. The van der Waals surface area contributed by atoms with Crippen LogP contribution in [-0.2, 0) is 16.1 Å². The van der Waals surface area contributed by atoms with Crippen LogP contribution in [0.15, 0.2) is 18.2 Å². The van der Waals surface area contributed by atoms with Crippen LogP contribution >= 0.6 is 13.5 Å². The minimum absolute atomic E-state index is 0. The van der Waals surface area contributed by atoms with Gasteiger partial charge in [0.05, 0.1) is 6.42 Å². The summed E-state index contributed by atoms with van der Waals surface area (Å²) >= 11 is 0. The average molecular weight is 463 g/mol. The lowest BCUT2D eigenvalue weighted by atomic mass is 9.79. The summed E-state index contributed by atoms with van der Waals surface area (Å²) < 4.78 is 0. The molecule has 0 aliphatic carbocycles. The number of nitrogens with one attached hydrogen (secondary N) is 2. The Balaban J connectivity index is 0.00000289. The Hall–Kier alpha value is -2.26. The number of carbonyl (C=O) groups excluding carboxylic acids is 2. The molecule has 0 aromatic heterocycles. The van der Waals surface area contributed by atoms with Gasteiger partial charge in [-0.1, -0.05) is 0 Å². The van der Waals surface area contributed by atoms with Gasteiger partial charge < -0.3 is 25.5 Å². The fraction of sp³-hybridized carbons (Fsp3) is 0.609. The first-order valence-corrected chi connectivity index (χ1v) is 11.3. The molecule has 0 radical (unpaired) electrons. The molecular weight excluding hydrogens is 428 g/mol. The lowest BCUT2D eigenvalue weighted by Gasteiger charge is -2.37. The molecule has 32 heavy (non-hydrogen) atoms. The normalized spacial score (nSPS) is 22.4. The van der Waals surface area contributed by atoms with Gasteiger partial charge >= 0.3 is 5.97 Å². The van der Waals surface area contributed by atoms with E-state index in [-0.39, 0.29) is 31.7 Å². The molecule has 8 nitrogen and oxygen atoms in total. The van der Waals surface area contributed by atoms with Crippen LogP contribution in [0.5, 0.6) is 0 Å². The number of fused-ring (bicyclic) bond motifs is 1. The predicted molar refractivity (Wildman–Crippen MR) is 127 cm³/mol. The zero-order valence-corrected chi connectivity index (χ0v) is 19.6. The highest BCUT2D eigenvalue weighted by Gasteiger charge is 2.31. The number of nitrogens with zero attached hydrogens (tertiary/aromatic N) is 2. The second-order valence-corrected chi connectivity index (χ2v) is 9.08. The SMILES string of the molecule is CN1Cc2cc(C(=O)N3CCC(C4CCNCC4)CC3)ccc2N[C@@H](CC(=O)O)C1=O.S. The van der Waals surface area contributed by atoms with E-state index in [9.17, 15) is 14.4 Å². The first-order valence-electron chi connectivity index (χ1n) is 11.3. The highest BCUT2D eigenvalue weighted by Crippen LogP contribution is 2.32. The van der Waals surface area contributed by atoms with Gasteiger partial charge in [-0.2, -0.15) is 13.5 Å². The molecule has 3 aliphatic rings. The Morgan fingerprint density at radius 1 is 1.09 bits per heavy atom. The van der Waals surface area contributed by atoms with Crippen LogP contribution in [0.3, 0.4) is 0 Å². The third-order valence-corrected chi connectivity index (χ3v) is 7.02. The summed E-state index contributed by atoms with van der Waals surface area (Å²) in [5.41, 5.74) is 2.17. The molecule has 1 aromatic rings. The van der Waals surface area contributed by atoms with E-state index in [1.54, 1.807) is 19.2 Å². The highest BCUT2D eigenvalue weighted by atomic mass is 32.1. The van der Waals surface area contributed by atoms with Gasteiger partial charge in [0, 0.05) is 37.9 Å². The maximum absolute atomic E-state index is 13.1. The molecule has 176 valence electrons. The molecule has 0 spiro atoms. The molecule has 2 amide bonds. The number of likely N-dealkylation sites (N-methyl/N-ethyl adjacent to an activating group) is 1. The van der Waals surface area contributed by atoms with E-state index in [4.69, 9.17) is 5.11 Å². The van der Waals surface area contributed by atoms with Crippen molar-refractivity contribution in [3.8, 4) is 0 Å². The van der Waals surface area contributed by atoms with E-state index in [2.05, 4.69) is 10.6 Å². The Morgan fingerprint density at radius 3 is 2.41 bits per heavy atom. The fourth-order valence-corrected chi connectivity index (χ4v) is 5.23. The molecule has 0 saturated carbocycles. The third kappa shape index (κ3) is 5.38. The number of aliphatic carboxylic acids is 1. The lowest BCUT2D eigenvalue weighted by molar-refractivity contribution is -0.141. The van der Waals surface area contributed by atoms with Crippen molar-refractivity contribution >= 4 is 37.0 Å². The van der Waals surface area contributed by atoms with Crippen LogP contribution in [0.2, 0.25) is 0 Å². The van der Waals surface area contributed by atoms with Gasteiger partial charge in [-0.15, -0.1) is 0 Å². The number of hydrogen-bond acceptors (Lipinski definition) is 5. The standard InChI is InChI=1S/C23H32N4O4.H2S/c1-26-14-18-12-17(2-3-19(18)25-20(23(26)31)13-21(28)29)22(30)27-10-6-16(7-11-27)15-4-8-24-9-5-15;/h2-3,12,15-16,20,24-25H,4-11,13-14H2,1H3,(H,28,29);1H2/t20-;/m0./s1. The maximum Gasteiger partial charge on any atom is 0.305 e. The Bertz CT molecular complexity index is 850. The lowest BCUT2D eigenvalue weighted by Crippen LogP contribution is -2.42. The van der Waals surface area contributed by atoms with Crippen molar-refractivity contribution in [3.05, 3.63) is 29.3 Å². The van der Waals surface area contributed by atoms with Crippen molar-refractivity contribution in [2.45, 2.75) is 44.7 Å². The van der Waals surface area contributed by atoms with Crippen molar-refractivity contribution in [3.63, 3.8) is 0 Å². The van der Waals surface area contributed by atoms with Crippen LogP contribution in [0.25, 0.3) is 0 Å². The molecule has 1 atom stereocenters. The number of anilines is 1. The molecule has 3 aliphatic heterocycles. The van der Waals surface area contributed by atoms with Gasteiger partial charge in [-0.3, -0.25) is 14.4 Å². The number of carbonyl (C=O) groups is 3. The predicted octanol–water partition coefficient (Wildman–Crippen LogP) is 1.88. The number of carboxylic acid groups (broad SMARTS) is 1. The number of piperidine rings is 2. The van der Waals surface area contributed by atoms with E-state index < -0.39 is 12.0 Å². The molecule has 2 fully saturated rings. The number of rotatable bonds is 4. The first kappa shape index (κ1) is 24.4. The molecule has 4 rings (SSSR count). The number of carboxylic acids is 1. The van der Waals surface area contributed by atoms with Crippen molar-refractivity contribution < 1.29 is 19.5 Å². The van der Waals surface area contributed by atoms with E-state index in [0.717, 1.165) is 50.5 Å². The minimum Gasteiger partial charge on any atom is -0.481 e. The second kappa shape index (κ2) is 10.6. The zero-order valence-electron chi connectivity index (χ0n) is 18.6. The summed E-state index contributed by atoms with van der Waals surface area (Å²) in [4.78, 5) is 40.2. The highest BCUT2D eigenvalue weighted by molar-refractivity contribution is 7.59. The van der Waals surface area contributed by atoms with Gasteiger partial charge in [0.25, 0.3) is 5.91 Å². The van der Waals surface area contributed by atoms with E-state index in [0.29, 0.717) is 23.7 Å².